The van der Waals surface area contributed by atoms with E-state index in [1.807, 2.05) is 0 Å². The van der Waals surface area contributed by atoms with Crippen LogP contribution < -0.4 is 5.32 Å². The molecule has 7 heteroatoms. The summed E-state index contributed by atoms with van der Waals surface area (Å²) in [6.45, 7) is 1.06. The number of hydrogen-bond acceptors (Lipinski definition) is 2. The first kappa shape index (κ1) is 18.7. The zero-order chi connectivity index (χ0) is 14.5. The van der Waals surface area contributed by atoms with Crippen LogP contribution in [0.5, 0.6) is 0 Å². The summed E-state index contributed by atoms with van der Waals surface area (Å²) < 4.78 is 38.3. The molecule has 20 heavy (non-hydrogen) atoms. The molecule has 0 aromatic heterocycles. The van der Waals surface area contributed by atoms with Gasteiger partial charge in [-0.25, -0.2) is 0 Å². The summed E-state index contributed by atoms with van der Waals surface area (Å²) >= 11 is 0. The summed E-state index contributed by atoms with van der Waals surface area (Å²) in [7, 11) is 3.33. The molecule has 0 heterocycles. The molecule has 0 radical (unpaired) electrons. The highest BCUT2D eigenvalue weighted by Crippen LogP contribution is 2.32. The third-order valence-corrected chi connectivity index (χ3v) is 2.79. The summed E-state index contributed by atoms with van der Waals surface area (Å²) in [6, 6.07) is 5.16. The Hall–Kier alpha value is -1.27. The number of carbonyl (C=O) groups excluding carboxylic acids is 1. The molecule has 1 N–H and O–H groups in total. The lowest BCUT2D eigenvalue weighted by Gasteiger charge is -2.18. The number of alkyl halides is 3. The quantitative estimate of drug-likeness (QED) is 0.905. The number of halogens is 4. The zero-order valence-corrected chi connectivity index (χ0v) is 12.1. The fraction of sp³-hybridized carbons (Fsp3) is 0.462. The first-order chi connectivity index (χ1) is 8.86. The molecule has 0 atom stereocenters. The molecule has 0 saturated carbocycles. The minimum atomic E-state index is -4.43. The van der Waals surface area contributed by atoms with Crippen molar-refractivity contribution in [1.82, 2.24) is 10.2 Å². The van der Waals surface area contributed by atoms with Crippen molar-refractivity contribution in [3.8, 4) is 0 Å². The van der Waals surface area contributed by atoms with Crippen molar-refractivity contribution >= 4 is 18.3 Å². The maximum atomic E-state index is 12.8. The van der Waals surface area contributed by atoms with Gasteiger partial charge in [-0.2, -0.15) is 13.2 Å². The monoisotopic (exact) mass is 310 g/mol. The highest BCUT2D eigenvalue weighted by molar-refractivity contribution is 5.85. The van der Waals surface area contributed by atoms with Gasteiger partial charge in [-0.3, -0.25) is 4.79 Å². The Kier molecular flexibility index (Phi) is 7.60. The summed E-state index contributed by atoms with van der Waals surface area (Å²) in [4.78, 5) is 13.2. The lowest BCUT2D eigenvalue weighted by molar-refractivity contribution is -0.138. The number of likely N-dealkylation sites (N-methyl/N-ethyl adjacent to an activating group) is 2. The fourth-order valence-corrected chi connectivity index (χ4v) is 1.65. The van der Waals surface area contributed by atoms with Gasteiger partial charge in [0.1, 0.15) is 0 Å². The van der Waals surface area contributed by atoms with Gasteiger partial charge >= 0.3 is 6.18 Å². The lowest BCUT2D eigenvalue weighted by Crippen LogP contribution is -2.34. The third kappa shape index (κ3) is 5.38. The van der Waals surface area contributed by atoms with Crippen LogP contribution in [0.25, 0.3) is 0 Å². The number of rotatable bonds is 5. The molecular weight excluding hydrogens is 293 g/mol. The van der Waals surface area contributed by atoms with E-state index in [1.54, 1.807) is 14.1 Å². The zero-order valence-electron chi connectivity index (χ0n) is 11.3. The molecule has 3 nitrogen and oxygen atoms in total. The normalized spacial score (nSPS) is 10.8. The fourth-order valence-electron chi connectivity index (χ4n) is 1.65. The summed E-state index contributed by atoms with van der Waals surface area (Å²) in [5, 5.41) is 2.88. The van der Waals surface area contributed by atoms with Crippen molar-refractivity contribution in [2.45, 2.75) is 12.6 Å². The van der Waals surface area contributed by atoms with Crippen LogP contribution in [-0.2, 0) is 17.4 Å². The van der Waals surface area contributed by atoms with Crippen molar-refractivity contribution in [3.63, 3.8) is 0 Å². The van der Waals surface area contributed by atoms with Crippen molar-refractivity contribution in [3.05, 3.63) is 35.4 Å². The van der Waals surface area contributed by atoms with E-state index in [1.165, 1.54) is 23.1 Å². The number of carbonyl (C=O) groups is 1. The minimum absolute atomic E-state index is 0. The van der Waals surface area contributed by atoms with Crippen LogP contribution in [-0.4, -0.2) is 38.0 Å². The molecule has 0 fully saturated rings. The van der Waals surface area contributed by atoms with Crippen molar-refractivity contribution in [1.29, 1.82) is 0 Å². The topological polar surface area (TPSA) is 32.3 Å². The van der Waals surface area contributed by atoms with E-state index in [4.69, 9.17) is 0 Å². The van der Waals surface area contributed by atoms with E-state index in [9.17, 15) is 18.0 Å². The van der Waals surface area contributed by atoms with Crippen LogP contribution >= 0.6 is 12.4 Å². The average Bonchev–Trinajstić information content (AvgIpc) is 2.35. The van der Waals surface area contributed by atoms with Gasteiger partial charge < -0.3 is 10.2 Å². The smallest absolute Gasteiger partial charge is 0.344 e. The van der Waals surface area contributed by atoms with Crippen LogP contribution in [0, 0.1) is 0 Å². The van der Waals surface area contributed by atoms with Crippen molar-refractivity contribution < 1.29 is 18.0 Å². The highest BCUT2D eigenvalue weighted by Gasteiger charge is 2.33. The molecule has 0 saturated heterocycles. The predicted molar refractivity (Wildman–Crippen MR) is 74.0 cm³/mol. The molecule has 1 rings (SSSR count). The summed E-state index contributed by atoms with van der Waals surface area (Å²) in [6.07, 6.45) is -4.67. The first-order valence-corrected chi connectivity index (χ1v) is 5.90. The van der Waals surface area contributed by atoms with Crippen molar-refractivity contribution in [2.75, 3.05) is 27.2 Å². The van der Waals surface area contributed by atoms with Crippen LogP contribution in [0.1, 0.15) is 11.1 Å². The van der Waals surface area contributed by atoms with Gasteiger partial charge in [0, 0.05) is 20.1 Å². The molecule has 0 bridgehead atoms. The third-order valence-electron chi connectivity index (χ3n) is 2.79. The maximum absolute atomic E-state index is 12.8. The SMILES string of the molecule is CNCCN(C)C(=O)Cc1ccccc1C(F)(F)F.Cl. The van der Waals surface area contributed by atoms with E-state index in [0.29, 0.717) is 13.1 Å². The van der Waals surface area contributed by atoms with E-state index in [2.05, 4.69) is 5.32 Å². The maximum Gasteiger partial charge on any atom is 0.416 e. The molecule has 0 aliphatic rings. The highest BCUT2D eigenvalue weighted by atomic mass is 35.5. The standard InChI is InChI=1S/C13H17F3N2O.ClH/c1-17-7-8-18(2)12(19)9-10-5-3-4-6-11(10)13(14,15)16;/h3-6,17H,7-9H2,1-2H3;1H. The van der Waals surface area contributed by atoms with E-state index in [0.717, 1.165) is 6.07 Å². The van der Waals surface area contributed by atoms with Crippen molar-refractivity contribution in [2.24, 2.45) is 0 Å². The number of hydrogen-bond donors (Lipinski definition) is 1. The minimum Gasteiger partial charge on any atom is -0.344 e. The first-order valence-electron chi connectivity index (χ1n) is 5.90. The second-order valence-corrected chi connectivity index (χ2v) is 4.25. The Bertz CT molecular complexity index is 438. The molecule has 1 aromatic rings. The predicted octanol–water partition coefficient (Wildman–Crippen LogP) is 2.35. The number of nitrogens with one attached hydrogen (secondary N) is 1. The van der Waals surface area contributed by atoms with Crippen LogP contribution in [0.3, 0.4) is 0 Å². The van der Waals surface area contributed by atoms with E-state index < -0.39 is 11.7 Å². The van der Waals surface area contributed by atoms with Gasteiger partial charge in [-0.05, 0) is 18.7 Å². The van der Waals surface area contributed by atoms with Gasteiger partial charge in [-0.1, -0.05) is 18.2 Å². The second-order valence-electron chi connectivity index (χ2n) is 4.25. The van der Waals surface area contributed by atoms with E-state index in [-0.39, 0.29) is 30.3 Å². The lowest BCUT2D eigenvalue weighted by atomic mass is 10.0. The summed E-state index contributed by atoms with van der Waals surface area (Å²) in [5.41, 5.74) is -0.735. The second kappa shape index (κ2) is 8.11. The van der Waals surface area contributed by atoms with Crippen LogP contribution in [0.15, 0.2) is 24.3 Å². The van der Waals surface area contributed by atoms with Gasteiger partial charge in [0.15, 0.2) is 0 Å². The van der Waals surface area contributed by atoms with Gasteiger partial charge in [0.25, 0.3) is 0 Å². The Morgan fingerprint density at radius 2 is 1.90 bits per heavy atom. The molecule has 0 aliphatic heterocycles. The summed E-state index contributed by atoms with van der Waals surface area (Å²) in [5.74, 6) is -0.327. The average molecular weight is 311 g/mol. The number of benzene rings is 1. The van der Waals surface area contributed by atoms with Crippen LogP contribution in [0.2, 0.25) is 0 Å². The molecule has 1 aromatic carbocycles. The Balaban J connectivity index is 0.00000361. The molecule has 114 valence electrons. The Labute approximate surface area is 122 Å². The van der Waals surface area contributed by atoms with Crippen LogP contribution in [0.4, 0.5) is 13.2 Å². The molecular formula is C13H18ClF3N2O. The Morgan fingerprint density at radius 1 is 1.30 bits per heavy atom. The largest absolute Gasteiger partial charge is 0.416 e. The number of nitrogens with zero attached hydrogens (tertiary/aromatic N) is 1. The molecule has 0 spiro atoms. The van der Waals surface area contributed by atoms with Gasteiger partial charge in [0.2, 0.25) is 5.91 Å². The van der Waals surface area contributed by atoms with Gasteiger partial charge in [-0.15, -0.1) is 12.4 Å². The van der Waals surface area contributed by atoms with E-state index >= 15 is 0 Å². The molecule has 0 aliphatic carbocycles. The number of amides is 1. The molecule has 1 amide bonds. The Morgan fingerprint density at radius 3 is 2.45 bits per heavy atom. The molecule has 0 unspecified atom stereocenters. The van der Waals surface area contributed by atoms with Gasteiger partial charge in [0.05, 0.1) is 12.0 Å².